The molecule has 3 aromatic rings. The molecule has 0 saturated carbocycles. The fourth-order valence-electron chi connectivity index (χ4n) is 3.17. The van der Waals surface area contributed by atoms with Gasteiger partial charge in [-0.1, -0.05) is 43.3 Å². The number of anilines is 2. The molecule has 0 saturated heterocycles. The predicted octanol–water partition coefficient (Wildman–Crippen LogP) is 4.38. The van der Waals surface area contributed by atoms with Gasteiger partial charge >= 0.3 is 5.97 Å². The molecule has 0 spiro atoms. The summed E-state index contributed by atoms with van der Waals surface area (Å²) in [5, 5.41) is 2.74. The molecular weight excluding hydrogens is 456 g/mol. The number of carbonyl (C=O) groups excluding carboxylic acids is 2. The van der Waals surface area contributed by atoms with E-state index < -0.39 is 28.0 Å². The molecule has 2 N–H and O–H groups in total. The van der Waals surface area contributed by atoms with Crippen molar-refractivity contribution in [1.29, 1.82) is 0 Å². The van der Waals surface area contributed by atoms with Crippen LogP contribution >= 0.6 is 0 Å². The van der Waals surface area contributed by atoms with Crippen molar-refractivity contribution >= 4 is 33.3 Å². The van der Waals surface area contributed by atoms with Crippen LogP contribution in [0.25, 0.3) is 0 Å². The van der Waals surface area contributed by atoms with Gasteiger partial charge in [-0.2, -0.15) is 0 Å². The number of amides is 1. The van der Waals surface area contributed by atoms with Crippen molar-refractivity contribution in [3.8, 4) is 5.75 Å². The average Bonchev–Trinajstić information content (AvgIpc) is 2.83. The standard InChI is InChI=1S/C25H26N2O6S/c1-3-16-34(30,31)27-21-11-7-10-19(17-21)25(29)33-23(18-8-5-4-6-9-18)24(28)26-20-12-14-22(32-2)15-13-20/h4-15,17,23,27H,3,16H2,1-2H3,(H,26,28). The van der Waals surface area contributed by atoms with Gasteiger partial charge in [0.25, 0.3) is 5.91 Å². The molecular formula is C25H26N2O6S. The van der Waals surface area contributed by atoms with Crippen LogP contribution in [-0.4, -0.2) is 33.2 Å². The van der Waals surface area contributed by atoms with E-state index in [9.17, 15) is 18.0 Å². The average molecular weight is 483 g/mol. The summed E-state index contributed by atoms with van der Waals surface area (Å²) in [6, 6.07) is 21.3. The van der Waals surface area contributed by atoms with E-state index in [0.717, 1.165) is 0 Å². The van der Waals surface area contributed by atoms with E-state index >= 15 is 0 Å². The van der Waals surface area contributed by atoms with Crippen LogP contribution in [0.3, 0.4) is 0 Å². The third kappa shape index (κ3) is 6.82. The Labute approximate surface area is 199 Å². The fraction of sp³-hybridized carbons (Fsp3) is 0.200. The maximum atomic E-state index is 13.0. The Balaban J connectivity index is 1.80. The van der Waals surface area contributed by atoms with Crippen LogP contribution < -0.4 is 14.8 Å². The lowest BCUT2D eigenvalue weighted by atomic mass is 10.1. The highest BCUT2D eigenvalue weighted by Crippen LogP contribution is 2.24. The molecule has 9 heteroatoms. The van der Waals surface area contributed by atoms with Crippen molar-refractivity contribution in [2.45, 2.75) is 19.4 Å². The molecule has 0 fully saturated rings. The minimum Gasteiger partial charge on any atom is -0.497 e. The summed E-state index contributed by atoms with van der Waals surface area (Å²) in [5.74, 6) is -0.707. The zero-order chi connectivity index (χ0) is 24.6. The molecule has 8 nitrogen and oxygen atoms in total. The van der Waals surface area contributed by atoms with Crippen molar-refractivity contribution in [2.75, 3.05) is 22.9 Å². The van der Waals surface area contributed by atoms with Crippen molar-refractivity contribution in [3.05, 3.63) is 90.0 Å². The Bertz CT molecular complexity index is 1230. The highest BCUT2D eigenvalue weighted by atomic mass is 32.2. The minimum atomic E-state index is -3.52. The van der Waals surface area contributed by atoms with Crippen LogP contribution in [0.4, 0.5) is 11.4 Å². The SMILES string of the molecule is CCCS(=O)(=O)Nc1cccc(C(=O)OC(C(=O)Nc2ccc(OC)cc2)c2ccccc2)c1. The summed E-state index contributed by atoms with van der Waals surface area (Å²) in [6.07, 6.45) is -0.768. The molecule has 0 radical (unpaired) electrons. The number of rotatable bonds is 10. The lowest BCUT2D eigenvalue weighted by Crippen LogP contribution is -2.26. The van der Waals surface area contributed by atoms with E-state index in [1.54, 1.807) is 68.6 Å². The van der Waals surface area contributed by atoms with E-state index in [1.165, 1.54) is 24.3 Å². The first-order valence-electron chi connectivity index (χ1n) is 10.6. The number of hydrogen-bond acceptors (Lipinski definition) is 6. The van der Waals surface area contributed by atoms with Crippen LogP contribution in [0.15, 0.2) is 78.9 Å². The Kier molecular flexibility index (Phi) is 8.26. The van der Waals surface area contributed by atoms with Gasteiger partial charge in [0.2, 0.25) is 16.1 Å². The second-order valence-corrected chi connectivity index (χ2v) is 9.26. The summed E-state index contributed by atoms with van der Waals surface area (Å²) < 4.78 is 37.3. The molecule has 3 aromatic carbocycles. The number of sulfonamides is 1. The second kappa shape index (κ2) is 11.3. The van der Waals surface area contributed by atoms with Crippen molar-refractivity contribution < 1.29 is 27.5 Å². The van der Waals surface area contributed by atoms with Gasteiger partial charge in [-0.25, -0.2) is 13.2 Å². The van der Waals surface area contributed by atoms with Crippen LogP contribution in [0.1, 0.15) is 35.4 Å². The first-order valence-corrected chi connectivity index (χ1v) is 12.3. The van der Waals surface area contributed by atoms with E-state index in [0.29, 0.717) is 23.4 Å². The number of nitrogens with one attached hydrogen (secondary N) is 2. The summed E-state index contributed by atoms with van der Waals surface area (Å²) >= 11 is 0. The monoisotopic (exact) mass is 482 g/mol. The summed E-state index contributed by atoms with van der Waals surface area (Å²) in [5.41, 5.74) is 1.34. The van der Waals surface area contributed by atoms with Gasteiger partial charge in [0, 0.05) is 16.9 Å². The van der Waals surface area contributed by atoms with Gasteiger partial charge < -0.3 is 14.8 Å². The molecule has 0 bridgehead atoms. The molecule has 1 atom stereocenters. The zero-order valence-corrected chi connectivity index (χ0v) is 19.7. The van der Waals surface area contributed by atoms with Gasteiger partial charge in [-0.05, 0) is 48.9 Å². The second-order valence-electron chi connectivity index (χ2n) is 7.42. The molecule has 1 unspecified atom stereocenters. The molecule has 3 rings (SSSR count). The van der Waals surface area contributed by atoms with E-state index in [4.69, 9.17) is 9.47 Å². The smallest absolute Gasteiger partial charge is 0.339 e. The maximum absolute atomic E-state index is 13.0. The zero-order valence-electron chi connectivity index (χ0n) is 18.9. The van der Waals surface area contributed by atoms with Crippen LogP contribution in [0.5, 0.6) is 5.75 Å². The third-order valence-corrected chi connectivity index (χ3v) is 6.26. The first-order chi connectivity index (χ1) is 16.3. The van der Waals surface area contributed by atoms with Crippen LogP contribution in [-0.2, 0) is 19.6 Å². The van der Waals surface area contributed by atoms with Crippen molar-refractivity contribution in [1.82, 2.24) is 0 Å². The Morgan fingerprint density at radius 3 is 2.26 bits per heavy atom. The van der Waals surface area contributed by atoms with Crippen LogP contribution in [0, 0.1) is 0 Å². The van der Waals surface area contributed by atoms with Gasteiger partial charge in [-0.3, -0.25) is 9.52 Å². The van der Waals surface area contributed by atoms with Crippen molar-refractivity contribution in [2.24, 2.45) is 0 Å². The predicted molar refractivity (Wildman–Crippen MR) is 130 cm³/mol. The van der Waals surface area contributed by atoms with Gasteiger partial charge in [0.1, 0.15) is 5.75 Å². The maximum Gasteiger partial charge on any atom is 0.339 e. The fourth-order valence-corrected chi connectivity index (χ4v) is 4.29. The normalized spacial score (nSPS) is 11.8. The quantitative estimate of drug-likeness (QED) is 0.415. The van der Waals surface area contributed by atoms with E-state index in [2.05, 4.69) is 10.0 Å². The number of methoxy groups -OCH3 is 1. The summed E-state index contributed by atoms with van der Waals surface area (Å²) in [7, 11) is -1.98. The first kappa shape index (κ1) is 24.8. The van der Waals surface area contributed by atoms with E-state index in [-0.39, 0.29) is 17.0 Å². The Hall–Kier alpha value is -3.85. The topological polar surface area (TPSA) is 111 Å². The Morgan fingerprint density at radius 1 is 0.912 bits per heavy atom. The third-order valence-electron chi connectivity index (χ3n) is 4.77. The molecule has 0 aliphatic rings. The molecule has 34 heavy (non-hydrogen) atoms. The number of ether oxygens (including phenoxy) is 2. The highest BCUT2D eigenvalue weighted by molar-refractivity contribution is 7.92. The van der Waals surface area contributed by atoms with Gasteiger partial charge in [-0.15, -0.1) is 0 Å². The van der Waals surface area contributed by atoms with E-state index in [1.807, 2.05) is 0 Å². The molecule has 0 aliphatic heterocycles. The molecule has 0 aromatic heterocycles. The largest absolute Gasteiger partial charge is 0.497 e. The Morgan fingerprint density at radius 2 is 1.62 bits per heavy atom. The highest BCUT2D eigenvalue weighted by Gasteiger charge is 2.26. The molecule has 178 valence electrons. The van der Waals surface area contributed by atoms with Gasteiger partial charge in [0.15, 0.2) is 0 Å². The number of esters is 1. The van der Waals surface area contributed by atoms with Crippen LogP contribution in [0.2, 0.25) is 0 Å². The van der Waals surface area contributed by atoms with Crippen molar-refractivity contribution in [3.63, 3.8) is 0 Å². The number of hydrogen-bond donors (Lipinski definition) is 2. The lowest BCUT2D eigenvalue weighted by molar-refractivity contribution is -0.125. The summed E-state index contributed by atoms with van der Waals surface area (Å²) in [6.45, 7) is 1.76. The summed E-state index contributed by atoms with van der Waals surface area (Å²) in [4.78, 5) is 26.0. The molecule has 1 amide bonds. The molecule has 0 aliphatic carbocycles. The number of benzene rings is 3. The van der Waals surface area contributed by atoms with Gasteiger partial charge in [0.05, 0.1) is 18.4 Å². The number of carbonyl (C=O) groups is 2. The molecule has 0 heterocycles. The minimum absolute atomic E-state index is 0.0384. The lowest BCUT2D eigenvalue weighted by Gasteiger charge is -2.18.